The molecule has 1 aromatic rings. The summed E-state index contributed by atoms with van der Waals surface area (Å²) in [6.45, 7) is 0.194. The molecule has 0 heterocycles. The Morgan fingerprint density at radius 1 is 0.906 bits per heavy atom. The molecule has 0 radical (unpaired) electrons. The average molecular weight is 519 g/mol. The molecule has 1 aromatic carbocycles. The summed E-state index contributed by atoms with van der Waals surface area (Å²) in [5.74, 6) is -3.57. The maximum Gasteiger partial charge on any atom is 0.534 e. The Labute approximate surface area is 177 Å². The molecule has 1 N–H and O–H groups in total. The molecule has 184 valence electrons. The van der Waals surface area contributed by atoms with Crippen molar-refractivity contribution in [2.75, 3.05) is 33.5 Å². The van der Waals surface area contributed by atoms with Crippen LogP contribution < -0.4 is 8.92 Å². The fourth-order valence-corrected chi connectivity index (χ4v) is 2.55. The van der Waals surface area contributed by atoms with Crippen LogP contribution in [0.3, 0.4) is 0 Å². The molecule has 0 saturated carbocycles. The van der Waals surface area contributed by atoms with E-state index in [1.165, 1.54) is 7.11 Å². The SMILES string of the molecule is COCCOCCOc1ccc(C(=N)OS(=O)(=O)C(F)(F)F)c(OS(=O)(=O)C(F)(F)F)c1. The van der Waals surface area contributed by atoms with Crippen LogP contribution >= 0.6 is 0 Å². The van der Waals surface area contributed by atoms with Crippen molar-refractivity contribution in [2.24, 2.45) is 0 Å². The highest BCUT2D eigenvalue weighted by Crippen LogP contribution is 2.33. The topological polar surface area (TPSA) is 138 Å². The van der Waals surface area contributed by atoms with Crippen LogP contribution in [0.25, 0.3) is 0 Å². The molecule has 0 atom stereocenters. The van der Waals surface area contributed by atoms with Crippen molar-refractivity contribution in [1.29, 1.82) is 5.41 Å². The summed E-state index contributed by atoms with van der Waals surface area (Å²) < 4.78 is 142. The van der Waals surface area contributed by atoms with Crippen LogP contribution in [0.4, 0.5) is 26.3 Å². The van der Waals surface area contributed by atoms with E-state index >= 15 is 0 Å². The Bertz CT molecular complexity index is 1010. The molecule has 0 bridgehead atoms. The molecule has 18 heteroatoms. The minimum atomic E-state index is -6.38. The maximum atomic E-state index is 12.6. The van der Waals surface area contributed by atoms with Gasteiger partial charge in [-0.25, -0.2) is 0 Å². The van der Waals surface area contributed by atoms with E-state index in [1.54, 1.807) is 0 Å². The number of nitrogens with one attached hydrogen (secondary N) is 1. The van der Waals surface area contributed by atoms with Crippen LogP contribution in [0.1, 0.15) is 5.56 Å². The molecule has 0 unspecified atom stereocenters. The predicted molar refractivity (Wildman–Crippen MR) is 93.1 cm³/mol. The first-order valence-electron chi connectivity index (χ1n) is 7.96. The van der Waals surface area contributed by atoms with Gasteiger partial charge >= 0.3 is 31.3 Å². The number of hydrogen-bond acceptors (Lipinski definition) is 10. The minimum absolute atomic E-state index is 0.0368. The second kappa shape index (κ2) is 10.5. The van der Waals surface area contributed by atoms with Crippen LogP contribution in [0.2, 0.25) is 0 Å². The Balaban J connectivity index is 3.19. The van der Waals surface area contributed by atoms with Crippen molar-refractivity contribution in [3.63, 3.8) is 0 Å². The van der Waals surface area contributed by atoms with Crippen molar-refractivity contribution in [3.05, 3.63) is 23.8 Å². The number of methoxy groups -OCH3 is 1. The van der Waals surface area contributed by atoms with Gasteiger partial charge in [0.1, 0.15) is 12.4 Å². The highest BCUT2D eigenvalue weighted by atomic mass is 32.2. The molecule has 0 aliphatic heterocycles. The van der Waals surface area contributed by atoms with E-state index in [1.807, 2.05) is 0 Å². The zero-order valence-electron chi connectivity index (χ0n) is 15.8. The summed E-state index contributed by atoms with van der Waals surface area (Å²) in [7, 11) is -11.3. The molecule has 0 fully saturated rings. The van der Waals surface area contributed by atoms with E-state index in [2.05, 4.69) is 8.37 Å². The normalized spacial score (nSPS) is 13.0. The summed E-state index contributed by atoms with van der Waals surface area (Å²) in [6, 6.07) is 1.93. The number of benzene rings is 1. The first-order valence-corrected chi connectivity index (χ1v) is 10.8. The van der Waals surface area contributed by atoms with Gasteiger partial charge in [-0.1, -0.05) is 0 Å². The third-order valence-electron chi connectivity index (χ3n) is 3.09. The summed E-state index contributed by atoms with van der Waals surface area (Å²) >= 11 is 0. The molecule has 0 spiro atoms. The lowest BCUT2D eigenvalue weighted by molar-refractivity contribution is -0.0506. The third-order valence-corrected chi connectivity index (χ3v) is 5.00. The van der Waals surface area contributed by atoms with Crippen molar-refractivity contribution in [3.8, 4) is 11.5 Å². The molecule has 0 aliphatic carbocycles. The predicted octanol–water partition coefficient (Wildman–Crippen LogP) is 2.15. The second-order valence-corrected chi connectivity index (χ2v) is 8.48. The first-order chi connectivity index (χ1) is 14.5. The van der Waals surface area contributed by atoms with Gasteiger partial charge in [-0.05, 0) is 12.1 Å². The van der Waals surface area contributed by atoms with Crippen molar-refractivity contribution in [2.45, 2.75) is 11.0 Å². The number of ether oxygens (including phenoxy) is 3. The van der Waals surface area contributed by atoms with Gasteiger partial charge in [0.2, 0.25) is 5.90 Å². The lowest BCUT2D eigenvalue weighted by Gasteiger charge is -2.16. The summed E-state index contributed by atoms with van der Waals surface area (Å²) in [4.78, 5) is 0. The maximum absolute atomic E-state index is 12.6. The van der Waals surface area contributed by atoms with Gasteiger partial charge in [-0.2, -0.15) is 43.2 Å². The van der Waals surface area contributed by atoms with E-state index in [0.29, 0.717) is 12.1 Å². The van der Waals surface area contributed by atoms with Gasteiger partial charge < -0.3 is 22.6 Å². The van der Waals surface area contributed by atoms with Gasteiger partial charge in [0.25, 0.3) is 0 Å². The van der Waals surface area contributed by atoms with E-state index < -0.39 is 48.5 Å². The molecule has 0 aromatic heterocycles. The standard InChI is InChI=1S/C14H15F6NO9S2/c1-26-4-5-27-6-7-28-9-2-3-10(12(21)30-32(24,25)14(18,19)20)11(8-9)29-31(22,23)13(15,16)17/h2-3,8,21H,4-7H2,1H3. The van der Waals surface area contributed by atoms with E-state index in [4.69, 9.17) is 19.6 Å². The van der Waals surface area contributed by atoms with Crippen molar-refractivity contribution >= 4 is 26.1 Å². The molecular formula is C14H15F6NO9S2. The van der Waals surface area contributed by atoms with Gasteiger partial charge in [0.15, 0.2) is 5.75 Å². The van der Waals surface area contributed by atoms with Crippen molar-refractivity contribution < 1.29 is 65.8 Å². The molecular weight excluding hydrogens is 504 g/mol. The van der Waals surface area contributed by atoms with Gasteiger partial charge in [-0.15, -0.1) is 0 Å². The summed E-state index contributed by atoms with van der Waals surface area (Å²) in [5.41, 5.74) is -13.1. The first kappa shape index (κ1) is 27.7. The van der Waals surface area contributed by atoms with Crippen LogP contribution in [-0.4, -0.2) is 67.3 Å². The van der Waals surface area contributed by atoms with Crippen LogP contribution in [0.5, 0.6) is 11.5 Å². The average Bonchev–Trinajstić information content (AvgIpc) is 2.62. The van der Waals surface area contributed by atoms with Gasteiger partial charge in [0, 0.05) is 13.2 Å². The van der Waals surface area contributed by atoms with Crippen LogP contribution in [-0.2, 0) is 33.9 Å². The highest BCUT2D eigenvalue weighted by Gasteiger charge is 2.50. The molecule has 32 heavy (non-hydrogen) atoms. The summed E-state index contributed by atoms with van der Waals surface area (Å²) in [6.07, 6.45) is 0. The third kappa shape index (κ3) is 7.68. The van der Waals surface area contributed by atoms with E-state index in [0.717, 1.165) is 6.07 Å². The molecule has 1 rings (SSSR count). The molecule has 0 amide bonds. The number of hydrogen-bond donors (Lipinski definition) is 1. The number of rotatable bonds is 11. The van der Waals surface area contributed by atoms with Gasteiger partial charge in [-0.3, -0.25) is 5.41 Å². The Kier molecular flexibility index (Phi) is 9.13. The molecule has 0 saturated heterocycles. The largest absolute Gasteiger partial charge is 0.534 e. The van der Waals surface area contributed by atoms with E-state index in [9.17, 15) is 43.2 Å². The van der Waals surface area contributed by atoms with Crippen LogP contribution in [0, 0.1) is 5.41 Å². The zero-order valence-corrected chi connectivity index (χ0v) is 17.5. The fraction of sp³-hybridized carbons (Fsp3) is 0.500. The Hall–Kier alpha value is -2.31. The Morgan fingerprint density at radius 3 is 2.00 bits per heavy atom. The lowest BCUT2D eigenvalue weighted by Crippen LogP contribution is -2.30. The highest BCUT2D eigenvalue weighted by molar-refractivity contribution is 7.88. The molecule has 10 nitrogen and oxygen atoms in total. The molecule has 0 aliphatic rings. The fourth-order valence-electron chi connectivity index (χ4n) is 1.68. The van der Waals surface area contributed by atoms with Crippen LogP contribution in [0.15, 0.2) is 18.2 Å². The van der Waals surface area contributed by atoms with Crippen molar-refractivity contribution in [1.82, 2.24) is 0 Å². The smallest absolute Gasteiger partial charge is 0.491 e. The van der Waals surface area contributed by atoms with Gasteiger partial charge in [0.05, 0.1) is 25.4 Å². The monoisotopic (exact) mass is 519 g/mol. The number of alkyl halides is 6. The Morgan fingerprint density at radius 2 is 1.47 bits per heavy atom. The second-order valence-electron chi connectivity index (χ2n) is 5.41. The summed E-state index contributed by atoms with van der Waals surface area (Å²) in [5, 5.41) is 7.34. The van der Waals surface area contributed by atoms with E-state index in [-0.39, 0.29) is 32.2 Å². The quantitative estimate of drug-likeness (QED) is 0.116. The zero-order chi connectivity index (χ0) is 24.8. The number of halogens is 6. The minimum Gasteiger partial charge on any atom is -0.491 e. The lowest BCUT2D eigenvalue weighted by atomic mass is 10.2.